The molecule has 0 spiro atoms. The van der Waals surface area contributed by atoms with Gasteiger partial charge in [0, 0.05) is 44.7 Å². The Morgan fingerprint density at radius 1 is 1.20 bits per heavy atom. The molecule has 6 heteroatoms. The first kappa shape index (κ1) is 17.5. The number of benzene rings is 1. The number of carbonyl (C=O) groups excluding carboxylic acids is 3. The number of aryl methyl sites for hydroxylation is 1. The summed E-state index contributed by atoms with van der Waals surface area (Å²) >= 11 is 0. The third kappa shape index (κ3) is 4.18. The summed E-state index contributed by atoms with van der Waals surface area (Å²) in [4.78, 5) is 39.6. The molecule has 134 valence electrons. The molecule has 1 atom stereocenters. The third-order valence-electron chi connectivity index (χ3n) is 4.92. The Hall–Kier alpha value is -2.37. The highest BCUT2D eigenvalue weighted by Crippen LogP contribution is 2.25. The van der Waals surface area contributed by atoms with Crippen LogP contribution >= 0.6 is 0 Å². The van der Waals surface area contributed by atoms with Crippen LogP contribution in [0.1, 0.15) is 31.2 Å². The third-order valence-corrected chi connectivity index (χ3v) is 4.92. The zero-order valence-electron chi connectivity index (χ0n) is 14.7. The van der Waals surface area contributed by atoms with Crippen LogP contribution in [0, 0.1) is 12.8 Å². The van der Waals surface area contributed by atoms with Crippen LogP contribution in [0.4, 0.5) is 5.69 Å². The fourth-order valence-corrected chi connectivity index (χ4v) is 3.42. The molecule has 0 saturated carbocycles. The van der Waals surface area contributed by atoms with Crippen LogP contribution in [0.5, 0.6) is 0 Å². The minimum absolute atomic E-state index is 0.00772. The first-order valence-corrected chi connectivity index (χ1v) is 8.97. The summed E-state index contributed by atoms with van der Waals surface area (Å²) < 4.78 is 0. The molecule has 2 aliphatic heterocycles. The van der Waals surface area contributed by atoms with Gasteiger partial charge < -0.3 is 15.1 Å². The zero-order chi connectivity index (χ0) is 17.8. The maximum atomic E-state index is 12.3. The topological polar surface area (TPSA) is 69.7 Å². The fourth-order valence-electron chi connectivity index (χ4n) is 3.42. The Morgan fingerprint density at radius 3 is 2.64 bits per heavy atom. The maximum Gasteiger partial charge on any atom is 0.227 e. The number of rotatable bonds is 6. The Kier molecular flexibility index (Phi) is 5.36. The summed E-state index contributed by atoms with van der Waals surface area (Å²) in [5, 5.41) is 2.91. The second-order valence-corrected chi connectivity index (χ2v) is 6.87. The van der Waals surface area contributed by atoms with Gasteiger partial charge in [0.15, 0.2) is 0 Å². The highest BCUT2D eigenvalue weighted by atomic mass is 16.2. The SMILES string of the molecule is Cc1ccc(N2C[C@@H](C(=O)NCCCN3CCCC3=O)CC2=O)cc1. The fraction of sp³-hybridized carbons (Fsp3) is 0.526. The summed E-state index contributed by atoms with van der Waals surface area (Å²) in [5.41, 5.74) is 1.99. The van der Waals surface area contributed by atoms with E-state index in [0.717, 1.165) is 30.6 Å². The predicted molar refractivity (Wildman–Crippen MR) is 95.1 cm³/mol. The van der Waals surface area contributed by atoms with Crippen molar-refractivity contribution in [3.05, 3.63) is 29.8 Å². The van der Waals surface area contributed by atoms with Crippen molar-refractivity contribution in [3.63, 3.8) is 0 Å². The van der Waals surface area contributed by atoms with E-state index in [1.165, 1.54) is 0 Å². The van der Waals surface area contributed by atoms with Crippen LogP contribution in [-0.2, 0) is 14.4 Å². The van der Waals surface area contributed by atoms with Gasteiger partial charge >= 0.3 is 0 Å². The second-order valence-electron chi connectivity index (χ2n) is 6.87. The highest BCUT2D eigenvalue weighted by molar-refractivity contribution is 6.00. The molecule has 2 aliphatic rings. The van der Waals surface area contributed by atoms with E-state index in [1.807, 2.05) is 36.1 Å². The predicted octanol–water partition coefficient (Wildman–Crippen LogP) is 1.48. The molecule has 2 heterocycles. The molecule has 0 aromatic heterocycles. The maximum absolute atomic E-state index is 12.3. The Balaban J connectivity index is 1.44. The number of nitrogens with zero attached hydrogens (tertiary/aromatic N) is 2. The lowest BCUT2D eigenvalue weighted by Gasteiger charge is -2.17. The average Bonchev–Trinajstić information content (AvgIpc) is 3.18. The van der Waals surface area contributed by atoms with Gasteiger partial charge in [-0.25, -0.2) is 0 Å². The quantitative estimate of drug-likeness (QED) is 0.796. The number of carbonyl (C=O) groups is 3. The largest absolute Gasteiger partial charge is 0.356 e. The van der Waals surface area contributed by atoms with Gasteiger partial charge in [-0.2, -0.15) is 0 Å². The van der Waals surface area contributed by atoms with Crippen molar-refractivity contribution in [1.29, 1.82) is 0 Å². The van der Waals surface area contributed by atoms with Crippen molar-refractivity contribution in [2.75, 3.05) is 31.1 Å². The number of anilines is 1. The van der Waals surface area contributed by atoms with Crippen LogP contribution in [0.2, 0.25) is 0 Å². The minimum Gasteiger partial charge on any atom is -0.356 e. The van der Waals surface area contributed by atoms with E-state index >= 15 is 0 Å². The number of hydrogen-bond acceptors (Lipinski definition) is 3. The average molecular weight is 343 g/mol. The van der Waals surface area contributed by atoms with Crippen molar-refractivity contribution in [1.82, 2.24) is 10.2 Å². The Morgan fingerprint density at radius 2 is 1.96 bits per heavy atom. The number of likely N-dealkylation sites (tertiary alicyclic amines) is 1. The molecule has 0 radical (unpaired) electrons. The van der Waals surface area contributed by atoms with Gasteiger partial charge in [-0.1, -0.05) is 17.7 Å². The lowest BCUT2D eigenvalue weighted by atomic mass is 10.1. The van der Waals surface area contributed by atoms with Gasteiger partial charge in [0.25, 0.3) is 0 Å². The van der Waals surface area contributed by atoms with Crippen molar-refractivity contribution in [2.45, 2.75) is 32.6 Å². The lowest BCUT2D eigenvalue weighted by molar-refractivity contribution is -0.127. The van der Waals surface area contributed by atoms with Crippen molar-refractivity contribution < 1.29 is 14.4 Å². The molecule has 1 N–H and O–H groups in total. The summed E-state index contributed by atoms with van der Waals surface area (Å²) in [6.07, 6.45) is 2.58. The standard InChI is InChI=1S/C19H25N3O3/c1-14-5-7-16(8-6-14)22-13-15(12-18(22)24)19(25)20-9-3-11-21-10-2-4-17(21)23/h5-8,15H,2-4,9-13H2,1H3,(H,20,25)/t15-/m0/s1. The molecule has 0 unspecified atom stereocenters. The van der Waals surface area contributed by atoms with Crippen LogP contribution in [0.3, 0.4) is 0 Å². The molecule has 1 aromatic carbocycles. The van der Waals surface area contributed by atoms with Crippen molar-refractivity contribution in [3.8, 4) is 0 Å². The van der Waals surface area contributed by atoms with Crippen LogP contribution in [0.25, 0.3) is 0 Å². The van der Waals surface area contributed by atoms with Gasteiger partial charge in [0.2, 0.25) is 17.7 Å². The monoisotopic (exact) mass is 343 g/mol. The van der Waals surface area contributed by atoms with Gasteiger partial charge in [0.05, 0.1) is 5.92 Å². The molecule has 25 heavy (non-hydrogen) atoms. The molecular formula is C19H25N3O3. The number of nitrogens with one attached hydrogen (secondary N) is 1. The van der Waals surface area contributed by atoms with Crippen LogP contribution in [-0.4, -0.2) is 48.8 Å². The van der Waals surface area contributed by atoms with Gasteiger partial charge in [-0.3, -0.25) is 14.4 Å². The normalized spacial score (nSPS) is 20.4. The molecular weight excluding hydrogens is 318 g/mol. The highest BCUT2D eigenvalue weighted by Gasteiger charge is 2.34. The summed E-state index contributed by atoms with van der Waals surface area (Å²) in [6.45, 7) is 4.49. The van der Waals surface area contributed by atoms with E-state index in [9.17, 15) is 14.4 Å². The van der Waals surface area contributed by atoms with E-state index in [4.69, 9.17) is 0 Å². The van der Waals surface area contributed by atoms with E-state index in [1.54, 1.807) is 4.90 Å². The second kappa shape index (κ2) is 7.68. The van der Waals surface area contributed by atoms with Crippen molar-refractivity contribution in [2.24, 2.45) is 5.92 Å². The van der Waals surface area contributed by atoms with Crippen LogP contribution in [0.15, 0.2) is 24.3 Å². The molecule has 0 aliphatic carbocycles. The number of amides is 3. The molecule has 2 saturated heterocycles. The Bertz CT molecular complexity index is 656. The van der Waals surface area contributed by atoms with Gasteiger partial charge in [0.1, 0.15) is 0 Å². The summed E-state index contributed by atoms with van der Waals surface area (Å²) in [5.74, 6) is -0.175. The molecule has 6 nitrogen and oxygen atoms in total. The molecule has 1 aromatic rings. The lowest BCUT2D eigenvalue weighted by Crippen LogP contribution is -2.35. The molecule has 2 fully saturated rings. The molecule has 3 amide bonds. The molecule has 3 rings (SSSR count). The first-order chi connectivity index (χ1) is 12.0. The Labute approximate surface area is 148 Å². The van der Waals surface area contributed by atoms with E-state index < -0.39 is 0 Å². The summed E-state index contributed by atoms with van der Waals surface area (Å²) in [7, 11) is 0. The van der Waals surface area contributed by atoms with E-state index in [2.05, 4.69) is 5.32 Å². The minimum atomic E-state index is -0.303. The zero-order valence-corrected chi connectivity index (χ0v) is 14.7. The summed E-state index contributed by atoms with van der Waals surface area (Å²) in [6, 6.07) is 7.77. The van der Waals surface area contributed by atoms with Gasteiger partial charge in [-0.15, -0.1) is 0 Å². The number of hydrogen-bond donors (Lipinski definition) is 1. The van der Waals surface area contributed by atoms with Gasteiger partial charge in [-0.05, 0) is 31.9 Å². The first-order valence-electron chi connectivity index (χ1n) is 8.97. The van der Waals surface area contributed by atoms with E-state index in [-0.39, 0.29) is 30.1 Å². The van der Waals surface area contributed by atoms with E-state index in [0.29, 0.717) is 26.1 Å². The smallest absolute Gasteiger partial charge is 0.227 e. The van der Waals surface area contributed by atoms with Crippen molar-refractivity contribution >= 4 is 23.4 Å². The van der Waals surface area contributed by atoms with Crippen LogP contribution < -0.4 is 10.2 Å². The molecule has 0 bridgehead atoms.